The number of nitrogens with two attached hydrogens (primary N) is 1. The Morgan fingerprint density at radius 2 is 1.71 bits per heavy atom. The van der Waals surface area contributed by atoms with Crippen molar-refractivity contribution in [3.63, 3.8) is 0 Å². The minimum atomic E-state index is -0.840. The molecule has 0 aliphatic rings. The average Bonchev–Trinajstić information content (AvgIpc) is 2.96. The zero-order chi connectivity index (χ0) is 20.4. The third-order valence-electron chi connectivity index (χ3n) is 4.52. The molecule has 8 heteroatoms. The van der Waals surface area contributed by atoms with E-state index in [1.165, 1.54) is 9.25 Å². The van der Waals surface area contributed by atoms with Crippen LogP contribution in [0.15, 0.2) is 53.3 Å². The first-order chi connectivity index (χ1) is 13.3. The van der Waals surface area contributed by atoms with Crippen LogP contribution in [0.1, 0.15) is 23.9 Å². The molecule has 3 rings (SSSR count). The molecule has 4 N–H and O–H groups in total. The highest BCUT2D eigenvalue weighted by Crippen LogP contribution is 2.14. The molecule has 0 bridgehead atoms. The second kappa shape index (κ2) is 7.51. The molecular weight excluding hydrogens is 358 g/mol. The Hall–Kier alpha value is -3.68. The highest BCUT2D eigenvalue weighted by Gasteiger charge is 2.15. The molecule has 1 unspecified atom stereocenters. The maximum atomic E-state index is 12.9. The smallest absolute Gasteiger partial charge is 0.355 e. The van der Waals surface area contributed by atoms with Crippen molar-refractivity contribution in [3.8, 4) is 11.4 Å². The van der Waals surface area contributed by atoms with E-state index in [2.05, 4.69) is 5.10 Å². The van der Waals surface area contributed by atoms with E-state index in [-0.39, 0.29) is 11.5 Å². The van der Waals surface area contributed by atoms with Gasteiger partial charge in [0.2, 0.25) is 0 Å². The van der Waals surface area contributed by atoms with Gasteiger partial charge >= 0.3 is 11.7 Å². The quantitative estimate of drug-likeness (QED) is 0.445. The molecular formula is C20H21N5O3. The minimum Gasteiger partial charge on any atom is -0.481 e. The molecule has 0 spiro atoms. The molecule has 144 valence electrons. The molecule has 1 aromatic heterocycles. The van der Waals surface area contributed by atoms with E-state index < -0.39 is 11.9 Å². The largest absolute Gasteiger partial charge is 0.481 e. The summed E-state index contributed by atoms with van der Waals surface area (Å²) in [6.45, 7) is 3.40. The molecule has 0 aliphatic heterocycles. The van der Waals surface area contributed by atoms with Crippen LogP contribution in [-0.4, -0.2) is 31.3 Å². The summed E-state index contributed by atoms with van der Waals surface area (Å²) < 4.78 is 2.78. The van der Waals surface area contributed by atoms with Gasteiger partial charge in [0.1, 0.15) is 11.7 Å². The van der Waals surface area contributed by atoms with E-state index in [1.807, 2.05) is 12.1 Å². The summed E-state index contributed by atoms with van der Waals surface area (Å²) in [6, 6.07) is 13.9. The number of amidine groups is 1. The summed E-state index contributed by atoms with van der Waals surface area (Å²) in [6.07, 6.45) is 0.422. The highest BCUT2D eigenvalue weighted by molar-refractivity contribution is 5.95. The first kappa shape index (κ1) is 19.1. The predicted octanol–water partition coefficient (Wildman–Crippen LogP) is 1.88. The van der Waals surface area contributed by atoms with Gasteiger partial charge in [-0.15, -0.1) is 5.10 Å². The summed E-state index contributed by atoms with van der Waals surface area (Å²) in [5.74, 6) is -0.838. The van der Waals surface area contributed by atoms with Gasteiger partial charge in [0.05, 0.1) is 17.3 Å². The number of aliphatic carboxylic acids is 1. The standard InChI is InChI=1S/C20H21N5O3/c1-12(19(26)27)11-14-3-7-16(8-4-14)24-13(2)23-25(20(24)28)17-9-5-15(6-10-17)18(21)22/h3-10,12H,11H2,1-2H3,(H3,21,22)(H,26,27). The molecule has 0 amide bonds. The van der Waals surface area contributed by atoms with Crippen molar-refractivity contribution in [1.82, 2.24) is 14.3 Å². The number of rotatable bonds is 6. The first-order valence-electron chi connectivity index (χ1n) is 8.73. The van der Waals surface area contributed by atoms with Crippen molar-refractivity contribution >= 4 is 11.8 Å². The maximum absolute atomic E-state index is 12.9. The normalized spacial score (nSPS) is 11.9. The minimum absolute atomic E-state index is 0.0436. The van der Waals surface area contributed by atoms with Gasteiger partial charge in [-0.05, 0) is 55.3 Å². The summed E-state index contributed by atoms with van der Waals surface area (Å²) >= 11 is 0. The van der Waals surface area contributed by atoms with E-state index in [1.54, 1.807) is 50.2 Å². The van der Waals surface area contributed by atoms with Gasteiger partial charge in [-0.3, -0.25) is 10.2 Å². The number of nitrogen functional groups attached to an aromatic ring is 1. The Morgan fingerprint density at radius 3 is 2.25 bits per heavy atom. The van der Waals surface area contributed by atoms with Gasteiger partial charge in [0, 0.05) is 5.56 Å². The lowest BCUT2D eigenvalue weighted by Gasteiger charge is -2.08. The number of hydrogen-bond acceptors (Lipinski definition) is 4. The zero-order valence-corrected chi connectivity index (χ0v) is 15.6. The van der Waals surface area contributed by atoms with Crippen LogP contribution in [-0.2, 0) is 11.2 Å². The zero-order valence-electron chi connectivity index (χ0n) is 15.6. The third-order valence-corrected chi connectivity index (χ3v) is 4.52. The van der Waals surface area contributed by atoms with Crippen LogP contribution >= 0.6 is 0 Å². The van der Waals surface area contributed by atoms with Crippen LogP contribution in [0.2, 0.25) is 0 Å². The molecule has 28 heavy (non-hydrogen) atoms. The molecule has 1 atom stereocenters. The number of aromatic nitrogens is 3. The van der Waals surface area contributed by atoms with E-state index in [4.69, 9.17) is 16.2 Å². The number of carboxylic acid groups (broad SMARTS) is 1. The Bertz CT molecular complexity index is 1080. The molecule has 3 aromatic rings. The van der Waals surface area contributed by atoms with Crippen LogP contribution in [0.25, 0.3) is 11.4 Å². The summed E-state index contributed by atoms with van der Waals surface area (Å²) in [4.78, 5) is 23.9. The van der Waals surface area contributed by atoms with Crippen molar-refractivity contribution in [1.29, 1.82) is 5.41 Å². The van der Waals surface area contributed by atoms with Crippen LogP contribution < -0.4 is 11.4 Å². The number of nitrogens with one attached hydrogen (secondary N) is 1. The van der Waals surface area contributed by atoms with Crippen molar-refractivity contribution in [3.05, 3.63) is 76.0 Å². The Morgan fingerprint density at radius 1 is 1.14 bits per heavy atom. The summed E-state index contributed by atoms with van der Waals surface area (Å²) in [5.41, 5.74) is 7.82. The van der Waals surface area contributed by atoms with Crippen molar-refractivity contribution in [2.45, 2.75) is 20.3 Å². The Balaban J connectivity index is 1.92. The van der Waals surface area contributed by atoms with E-state index in [0.717, 1.165) is 5.56 Å². The Labute approximate surface area is 161 Å². The summed E-state index contributed by atoms with van der Waals surface area (Å²) in [5, 5.41) is 20.8. The molecule has 0 aliphatic carbocycles. The number of aryl methyl sites for hydroxylation is 1. The number of carbonyl (C=O) groups is 1. The maximum Gasteiger partial charge on any atom is 0.355 e. The SMILES string of the molecule is Cc1nn(-c2ccc(C(=N)N)cc2)c(=O)n1-c1ccc(CC(C)C(=O)O)cc1. The molecule has 0 saturated heterocycles. The third kappa shape index (κ3) is 3.71. The number of carboxylic acids is 1. The first-order valence-corrected chi connectivity index (χ1v) is 8.73. The van der Waals surface area contributed by atoms with Gasteiger partial charge in [-0.1, -0.05) is 19.1 Å². The van der Waals surface area contributed by atoms with E-state index in [9.17, 15) is 9.59 Å². The van der Waals surface area contributed by atoms with Gasteiger partial charge in [-0.2, -0.15) is 4.68 Å². The Kier molecular flexibility index (Phi) is 5.12. The van der Waals surface area contributed by atoms with Gasteiger partial charge in [-0.25, -0.2) is 9.36 Å². The molecule has 0 saturated carbocycles. The van der Waals surface area contributed by atoms with E-state index >= 15 is 0 Å². The van der Waals surface area contributed by atoms with Gasteiger partial charge in [0.25, 0.3) is 0 Å². The van der Waals surface area contributed by atoms with Crippen molar-refractivity contribution < 1.29 is 9.90 Å². The van der Waals surface area contributed by atoms with Crippen molar-refractivity contribution in [2.24, 2.45) is 11.7 Å². The second-order valence-electron chi connectivity index (χ2n) is 6.65. The van der Waals surface area contributed by atoms with Crippen LogP contribution in [0.3, 0.4) is 0 Å². The number of hydrogen-bond donors (Lipinski definition) is 3. The lowest BCUT2D eigenvalue weighted by atomic mass is 10.0. The van der Waals surface area contributed by atoms with Crippen LogP contribution in [0.4, 0.5) is 0 Å². The monoisotopic (exact) mass is 379 g/mol. The predicted molar refractivity (Wildman–Crippen MR) is 105 cm³/mol. The van der Waals surface area contributed by atoms with E-state index in [0.29, 0.717) is 29.2 Å². The lowest BCUT2D eigenvalue weighted by Crippen LogP contribution is -2.23. The van der Waals surface area contributed by atoms with Crippen LogP contribution in [0.5, 0.6) is 0 Å². The summed E-state index contributed by atoms with van der Waals surface area (Å²) in [7, 11) is 0. The molecule has 2 aromatic carbocycles. The van der Waals surface area contributed by atoms with Gasteiger partial charge in [0.15, 0.2) is 0 Å². The topological polar surface area (TPSA) is 127 Å². The van der Waals surface area contributed by atoms with Crippen LogP contribution in [0, 0.1) is 18.3 Å². The molecule has 0 fully saturated rings. The number of nitrogens with zero attached hydrogens (tertiary/aromatic N) is 3. The molecule has 1 heterocycles. The van der Waals surface area contributed by atoms with Gasteiger partial charge < -0.3 is 10.8 Å². The molecule has 0 radical (unpaired) electrons. The number of benzene rings is 2. The lowest BCUT2D eigenvalue weighted by molar-refractivity contribution is -0.141. The fraction of sp³-hybridized carbons (Fsp3) is 0.200. The fourth-order valence-electron chi connectivity index (χ4n) is 2.93. The second-order valence-corrected chi connectivity index (χ2v) is 6.65. The fourth-order valence-corrected chi connectivity index (χ4v) is 2.93. The van der Waals surface area contributed by atoms with Crippen molar-refractivity contribution in [2.75, 3.05) is 0 Å². The average molecular weight is 379 g/mol. The molecule has 8 nitrogen and oxygen atoms in total. The highest BCUT2D eigenvalue weighted by atomic mass is 16.4.